The van der Waals surface area contributed by atoms with Gasteiger partial charge in [0.25, 0.3) is 5.91 Å². The van der Waals surface area contributed by atoms with E-state index < -0.39 is 0 Å². The second kappa shape index (κ2) is 8.77. The normalized spacial score (nSPS) is 11.5. The molecular formula is C23H21N3O2S2. The van der Waals surface area contributed by atoms with Gasteiger partial charge in [0, 0.05) is 10.4 Å². The highest BCUT2D eigenvalue weighted by Crippen LogP contribution is 2.31. The Morgan fingerprint density at radius 2 is 1.97 bits per heavy atom. The number of thiophene rings is 1. The van der Waals surface area contributed by atoms with E-state index in [1.165, 1.54) is 16.3 Å². The molecule has 0 radical (unpaired) electrons. The van der Waals surface area contributed by atoms with E-state index in [9.17, 15) is 4.79 Å². The number of aryl methyl sites for hydroxylation is 1. The zero-order valence-corrected chi connectivity index (χ0v) is 18.5. The summed E-state index contributed by atoms with van der Waals surface area (Å²) in [5.41, 5.74) is 2.52. The number of rotatable bonds is 6. The third-order valence-electron chi connectivity index (χ3n) is 4.22. The molecule has 5 nitrogen and oxygen atoms in total. The molecule has 0 fully saturated rings. The van der Waals surface area contributed by atoms with Crippen molar-refractivity contribution in [2.75, 3.05) is 5.01 Å². The number of hydrogen-bond acceptors (Lipinski definition) is 6. The molecule has 0 spiro atoms. The first-order valence-electron chi connectivity index (χ1n) is 9.55. The third kappa shape index (κ3) is 4.58. The van der Waals surface area contributed by atoms with Crippen LogP contribution in [0.3, 0.4) is 0 Å². The van der Waals surface area contributed by atoms with Crippen molar-refractivity contribution in [2.24, 2.45) is 5.10 Å². The van der Waals surface area contributed by atoms with Gasteiger partial charge in [-0.05, 0) is 74.2 Å². The molecule has 0 aliphatic heterocycles. The van der Waals surface area contributed by atoms with Crippen molar-refractivity contribution in [3.63, 3.8) is 0 Å². The van der Waals surface area contributed by atoms with Gasteiger partial charge in [0.2, 0.25) is 5.13 Å². The zero-order chi connectivity index (χ0) is 21.1. The van der Waals surface area contributed by atoms with Gasteiger partial charge in [-0.2, -0.15) is 10.1 Å². The zero-order valence-electron chi connectivity index (χ0n) is 16.9. The molecule has 2 heterocycles. The first kappa shape index (κ1) is 20.3. The molecule has 0 saturated carbocycles. The van der Waals surface area contributed by atoms with Gasteiger partial charge >= 0.3 is 0 Å². The Morgan fingerprint density at radius 3 is 2.67 bits per heavy atom. The highest BCUT2D eigenvalue weighted by atomic mass is 32.1. The van der Waals surface area contributed by atoms with Gasteiger partial charge in [-0.15, -0.1) is 11.3 Å². The quantitative estimate of drug-likeness (QED) is 0.270. The lowest BCUT2D eigenvalue weighted by atomic mass is 10.2. The van der Waals surface area contributed by atoms with E-state index in [1.807, 2.05) is 50.4 Å². The van der Waals surface area contributed by atoms with Crippen molar-refractivity contribution < 1.29 is 9.53 Å². The van der Waals surface area contributed by atoms with Crippen LogP contribution in [-0.2, 0) is 0 Å². The molecule has 0 saturated heterocycles. The molecule has 0 unspecified atom stereocenters. The van der Waals surface area contributed by atoms with E-state index in [1.54, 1.807) is 41.8 Å². The summed E-state index contributed by atoms with van der Waals surface area (Å²) >= 11 is 3.01. The van der Waals surface area contributed by atoms with E-state index in [4.69, 9.17) is 4.74 Å². The predicted molar refractivity (Wildman–Crippen MR) is 125 cm³/mol. The van der Waals surface area contributed by atoms with E-state index in [2.05, 4.69) is 16.2 Å². The van der Waals surface area contributed by atoms with Gasteiger partial charge in [0.1, 0.15) is 5.75 Å². The highest BCUT2D eigenvalue weighted by Gasteiger charge is 2.21. The van der Waals surface area contributed by atoms with Crippen LogP contribution >= 0.6 is 22.7 Å². The summed E-state index contributed by atoms with van der Waals surface area (Å²) in [4.78, 5) is 18.9. The van der Waals surface area contributed by atoms with E-state index >= 15 is 0 Å². The third-order valence-corrected chi connectivity index (χ3v) is 6.02. The highest BCUT2D eigenvalue weighted by molar-refractivity contribution is 7.22. The predicted octanol–water partition coefficient (Wildman–Crippen LogP) is 6.13. The number of nitrogens with zero attached hydrogens (tertiary/aromatic N) is 3. The number of fused-ring (bicyclic) bond motifs is 1. The van der Waals surface area contributed by atoms with Crippen LogP contribution < -0.4 is 9.75 Å². The lowest BCUT2D eigenvalue weighted by molar-refractivity contribution is 0.0988. The Balaban J connectivity index is 1.69. The number of benzene rings is 2. The minimum atomic E-state index is -0.241. The van der Waals surface area contributed by atoms with E-state index in [0.29, 0.717) is 10.7 Å². The number of hydrogen-bond donors (Lipinski definition) is 0. The van der Waals surface area contributed by atoms with Gasteiger partial charge in [-0.1, -0.05) is 23.5 Å². The van der Waals surface area contributed by atoms with Crippen LogP contribution in [0.15, 0.2) is 65.1 Å². The summed E-state index contributed by atoms with van der Waals surface area (Å²) in [6.07, 6.45) is 1.76. The molecule has 7 heteroatoms. The average molecular weight is 436 g/mol. The molecule has 152 valence electrons. The van der Waals surface area contributed by atoms with Crippen molar-refractivity contribution in [3.05, 3.63) is 76.0 Å². The number of carbonyl (C=O) groups excluding carboxylic acids is 1. The molecule has 30 heavy (non-hydrogen) atoms. The molecule has 4 aromatic rings. The van der Waals surface area contributed by atoms with E-state index in [0.717, 1.165) is 26.4 Å². The number of aromatic nitrogens is 1. The minimum absolute atomic E-state index is 0.0738. The summed E-state index contributed by atoms with van der Waals surface area (Å²) in [6.45, 7) is 5.97. The summed E-state index contributed by atoms with van der Waals surface area (Å²) in [5.74, 6) is 0.486. The van der Waals surface area contributed by atoms with Crippen molar-refractivity contribution >= 4 is 50.1 Å². The second-order valence-corrected chi connectivity index (χ2v) is 9.02. The van der Waals surface area contributed by atoms with Gasteiger partial charge in [0.15, 0.2) is 0 Å². The molecule has 4 rings (SSSR count). The molecule has 0 bridgehead atoms. The maximum atomic E-state index is 13.3. The topological polar surface area (TPSA) is 54.8 Å². The average Bonchev–Trinajstić information content (AvgIpc) is 3.37. The van der Waals surface area contributed by atoms with Crippen LogP contribution in [0.25, 0.3) is 10.2 Å². The largest absolute Gasteiger partial charge is 0.491 e. The van der Waals surface area contributed by atoms with Crippen LogP contribution in [0.5, 0.6) is 5.75 Å². The van der Waals surface area contributed by atoms with Crippen LogP contribution in [0.4, 0.5) is 5.13 Å². The Kier molecular flexibility index (Phi) is 5.92. The minimum Gasteiger partial charge on any atom is -0.491 e. The summed E-state index contributed by atoms with van der Waals surface area (Å²) in [6, 6.07) is 17.1. The van der Waals surface area contributed by atoms with Crippen LogP contribution in [0.2, 0.25) is 0 Å². The van der Waals surface area contributed by atoms with Gasteiger partial charge < -0.3 is 4.74 Å². The van der Waals surface area contributed by atoms with Crippen LogP contribution in [-0.4, -0.2) is 23.2 Å². The summed E-state index contributed by atoms with van der Waals surface area (Å²) in [7, 11) is 0. The Bertz CT molecular complexity index is 1180. The Labute approximate surface area is 183 Å². The standard InChI is InChI=1S/C23H21N3O2S2/c1-15(2)28-18-9-7-17(8-10-18)22(27)26(24-14-19-5-4-12-29-19)23-25-20-11-6-16(3)13-21(20)30-23/h4-15H,1-3H3/b24-14+. The van der Waals surface area contributed by atoms with Gasteiger partial charge in [-0.3, -0.25) is 4.79 Å². The van der Waals surface area contributed by atoms with Crippen molar-refractivity contribution in [3.8, 4) is 5.75 Å². The number of amides is 1. The lowest BCUT2D eigenvalue weighted by Gasteiger charge is -2.14. The molecular weight excluding hydrogens is 414 g/mol. The molecule has 2 aromatic heterocycles. The monoisotopic (exact) mass is 435 g/mol. The molecule has 1 amide bonds. The van der Waals surface area contributed by atoms with Crippen molar-refractivity contribution in [2.45, 2.75) is 26.9 Å². The van der Waals surface area contributed by atoms with Gasteiger partial charge in [0.05, 0.1) is 22.5 Å². The fourth-order valence-electron chi connectivity index (χ4n) is 2.85. The SMILES string of the molecule is Cc1ccc2nc(N(/N=C/c3cccs3)C(=O)c3ccc(OC(C)C)cc3)sc2c1. The number of carbonyl (C=O) groups is 1. The summed E-state index contributed by atoms with van der Waals surface area (Å²) in [5, 5.41) is 8.37. The second-order valence-electron chi connectivity index (χ2n) is 7.04. The molecule has 0 aliphatic carbocycles. The lowest BCUT2D eigenvalue weighted by Crippen LogP contribution is -2.25. The maximum absolute atomic E-state index is 13.3. The fourth-order valence-corrected chi connectivity index (χ4v) is 4.45. The molecule has 0 aliphatic rings. The maximum Gasteiger partial charge on any atom is 0.280 e. The van der Waals surface area contributed by atoms with Crippen molar-refractivity contribution in [1.29, 1.82) is 0 Å². The Hall–Kier alpha value is -3.03. The number of anilines is 1. The first-order chi connectivity index (χ1) is 14.5. The summed E-state index contributed by atoms with van der Waals surface area (Å²) < 4.78 is 6.70. The molecule has 2 aromatic carbocycles. The smallest absolute Gasteiger partial charge is 0.280 e. The molecule has 0 N–H and O–H groups in total. The number of ether oxygens (including phenoxy) is 1. The van der Waals surface area contributed by atoms with Crippen LogP contribution in [0.1, 0.15) is 34.6 Å². The number of thiazole rings is 1. The fraction of sp³-hybridized carbons (Fsp3) is 0.174. The molecule has 0 atom stereocenters. The van der Waals surface area contributed by atoms with Crippen LogP contribution in [0, 0.1) is 6.92 Å². The first-order valence-corrected chi connectivity index (χ1v) is 11.2. The number of hydrazone groups is 1. The Morgan fingerprint density at radius 1 is 1.17 bits per heavy atom. The van der Waals surface area contributed by atoms with Gasteiger partial charge in [-0.25, -0.2) is 4.98 Å². The van der Waals surface area contributed by atoms with E-state index in [-0.39, 0.29) is 12.0 Å². The van der Waals surface area contributed by atoms with Crippen molar-refractivity contribution in [1.82, 2.24) is 4.98 Å².